The highest BCUT2D eigenvalue weighted by atomic mass is 16.6. The zero-order valence-corrected chi connectivity index (χ0v) is 51.7. The van der Waals surface area contributed by atoms with Crippen molar-refractivity contribution in [2.24, 2.45) is 0 Å². The molecule has 0 aromatic rings. The summed E-state index contributed by atoms with van der Waals surface area (Å²) >= 11 is 0. The fraction of sp³-hybridized carbons (Fsp3) is 0.845. The Hall–Kier alpha value is -2.63. The summed E-state index contributed by atoms with van der Waals surface area (Å²) in [5.41, 5.74) is 0. The Kier molecular flexibility index (Phi) is 63.6. The van der Waals surface area contributed by atoms with Crippen molar-refractivity contribution in [2.75, 3.05) is 13.2 Å². The van der Waals surface area contributed by atoms with Crippen molar-refractivity contribution in [3.63, 3.8) is 0 Å². The van der Waals surface area contributed by atoms with Crippen molar-refractivity contribution < 1.29 is 28.6 Å². The molecule has 0 aliphatic carbocycles. The van der Waals surface area contributed by atoms with E-state index in [0.717, 1.165) is 83.5 Å². The zero-order chi connectivity index (χ0) is 55.7. The molecular formula is C71H130O6. The molecule has 6 nitrogen and oxygen atoms in total. The van der Waals surface area contributed by atoms with E-state index >= 15 is 0 Å². The normalized spacial score (nSPS) is 12.3. The number of esters is 3. The summed E-state index contributed by atoms with van der Waals surface area (Å²) in [6, 6.07) is 0. The number of carbonyl (C=O) groups is 3. The van der Waals surface area contributed by atoms with Crippen LogP contribution in [-0.4, -0.2) is 37.2 Å². The summed E-state index contributed by atoms with van der Waals surface area (Å²) < 4.78 is 16.9. The molecule has 0 N–H and O–H groups in total. The fourth-order valence-corrected chi connectivity index (χ4v) is 10.2. The average molecular weight is 1080 g/mol. The highest BCUT2D eigenvalue weighted by molar-refractivity contribution is 5.71. The van der Waals surface area contributed by atoms with Gasteiger partial charge in [0.2, 0.25) is 0 Å². The van der Waals surface area contributed by atoms with Gasteiger partial charge in [0.1, 0.15) is 13.2 Å². The minimum absolute atomic E-state index is 0.0750. The molecule has 1 unspecified atom stereocenters. The standard InChI is InChI=1S/C71H130O6/c1-4-7-10-13-16-19-22-25-27-29-31-33-35-37-38-40-42-44-46-49-52-55-58-61-64-70(73)76-67-68(66-75-69(72)63-60-57-54-51-48-24-21-18-15-12-9-6-3)77-71(74)65-62-59-56-53-50-47-45-43-41-39-36-34-32-30-28-26-23-20-17-14-11-8-5-2/h18,21,23,26,30,32,36,39,68H,4-17,19-20,22,24-25,27-29,31,33-35,37-38,40-67H2,1-3H3/b21-18-,26-23-,32-30-,39-36-. The molecule has 0 fully saturated rings. The SMILES string of the molecule is CCCCC/C=C\CCCCCCCC(=O)OCC(COC(=O)CCCCCCCCCCCCCCCCCCCCCCCCCC)OC(=O)CCCCCCCCCC/C=C\C/C=C\C/C=C\CCCCCCC. The van der Waals surface area contributed by atoms with Crippen LogP contribution in [0.4, 0.5) is 0 Å². The molecule has 0 aromatic carbocycles. The van der Waals surface area contributed by atoms with Gasteiger partial charge < -0.3 is 14.2 Å². The first kappa shape index (κ1) is 74.4. The maximum Gasteiger partial charge on any atom is 0.306 e. The van der Waals surface area contributed by atoms with Crippen LogP contribution in [0.2, 0.25) is 0 Å². The minimum Gasteiger partial charge on any atom is -0.462 e. The highest BCUT2D eigenvalue weighted by Crippen LogP contribution is 2.18. The molecule has 0 aliphatic rings. The summed E-state index contributed by atoms with van der Waals surface area (Å²) in [5, 5.41) is 0. The highest BCUT2D eigenvalue weighted by Gasteiger charge is 2.19. The Morgan fingerprint density at radius 1 is 0.260 bits per heavy atom. The Morgan fingerprint density at radius 3 is 0.766 bits per heavy atom. The van der Waals surface area contributed by atoms with Gasteiger partial charge in [0.15, 0.2) is 6.10 Å². The summed E-state index contributed by atoms with van der Waals surface area (Å²) in [4.78, 5) is 38.3. The summed E-state index contributed by atoms with van der Waals surface area (Å²) in [6.45, 7) is 6.65. The van der Waals surface area contributed by atoms with Gasteiger partial charge in [0, 0.05) is 19.3 Å². The van der Waals surface area contributed by atoms with Crippen molar-refractivity contribution in [3.05, 3.63) is 48.6 Å². The number of carbonyl (C=O) groups excluding carboxylic acids is 3. The summed E-state index contributed by atoms with van der Waals surface area (Å²) in [6.07, 6.45) is 82.8. The van der Waals surface area contributed by atoms with Gasteiger partial charge in [-0.15, -0.1) is 0 Å². The van der Waals surface area contributed by atoms with Crippen LogP contribution in [0.3, 0.4) is 0 Å². The molecule has 0 rings (SSSR count). The Balaban J connectivity index is 4.25. The van der Waals surface area contributed by atoms with Gasteiger partial charge in [-0.25, -0.2) is 0 Å². The number of rotatable bonds is 63. The molecule has 0 aromatic heterocycles. The lowest BCUT2D eigenvalue weighted by atomic mass is 10.0. The Morgan fingerprint density at radius 2 is 0.468 bits per heavy atom. The second-order valence-corrected chi connectivity index (χ2v) is 23.1. The zero-order valence-electron chi connectivity index (χ0n) is 51.7. The third-order valence-electron chi connectivity index (χ3n) is 15.3. The van der Waals surface area contributed by atoms with Crippen molar-refractivity contribution in [3.8, 4) is 0 Å². The number of hydrogen-bond donors (Lipinski definition) is 0. The molecule has 0 amide bonds. The first-order valence-corrected chi connectivity index (χ1v) is 34.1. The lowest BCUT2D eigenvalue weighted by molar-refractivity contribution is -0.167. The van der Waals surface area contributed by atoms with E-state index in [9.17, 15) is 14.4 Å². The van der Waals surface area contributed by atoms with Gasteiger partial charge in [-0.1, -0.05) is 313 Å². The van der Waals surface area contributed by atoms with Crippen molar-refractivity contribution >= 4 is 17.9 Å². The predicted octanol–water partition coefficient (Wildman–Crippen LogP) is 23.3. The molecule has 0 saturated carbocycles. The van der Waals surface area contributed by atoms with Crippen LogP contribution in [0.25, 0.3) is 0 Å². The van der Waals surface area contributed by atoms with E-state index in [0.29, 0.717) is 19.3 Å². The molecule has 77 heavy (non-hydrogen) atoms. The van der Waals surface area contributed by atoms with Crippen LogP contribution in [0, 0.1) is 0 Å². The van der Waals surface area contributed by atoms with Gasteiger partial charge in [-0.2, -0.15) is 0 Å². The third-order valence-corrected chi connectivity index (χ3v) is 15.3. The Labute approximate surface area is 479 Å². The maximum atomic E-state index is 12.9. The average Bonchev–Trinajstić information content (AvgIpc) is 3.43. The molecule has 0 radical (unpaired) electrons. The van der Waals surface area contributed by atoms with Gasteiger partial charge in [-0.05, 0) is 83.5 Å². The lowest BCUT2D eigenvalue weighted by Crippen LogP contribution is -2.30. The number of ether oxygens (including phenoxy) is 3. The Bertz CT molecular complexity index is 1330. The van der Waals surface area contributed by atoms with E-state index in [1.807, 2.05) is 0 Å². The summed E-state index contributed by atoms with van der Waals surface area (Å²) in [7, 11) is 0. The maximum absolute atomic E-state index is 12.9. The number of allylic oxidation sites excluding steroid dienone is 8. The first-order valence-electron chi connectivity index (χ1n) is 34.1. The molecule has 6 heteroatoms. The predicted molar refractivity (Wildman–Crippen MR) is 335 cm³/mol. The topological polar surface area (TPSA) is 78.9 Å². The summed E-state index contributed by atoms with van der Waals surface area (Å²) in [5.74, 6) is -0.869. The van der Waals surface area contributed by atoms with E-state index in [2.05, 4.69) is 69.4 Å². The lowest BCUT2D eigenvalue weighted by Gasteiger charge is -2.18. The second kappa shape index (κ2) is 65.9. The monoisotopic (exact) mass is 1080 g/mol. The van der Waals surface area contributed by atoms with E-state index in [4.69, 9.17) is 14.2 Å². The molecule has 0 bridgehead atoms. The van der Waals surface area contributed by atoms with E-state index in [-0.39, 0.29) is 31.1 Å². The molecule has 450 valence electrons. The van der Waals surface area contributed by atoms with Crippen molar-refractivity contribution in [1.29, 1.82) is 0 Å². The van der Waals surface area contributed by atoms with Gasteiger partial charge in [0.05, 0.1) is 0 Å². The van der Waals surface area contributed by atoms with Gasteiger partial charge in [0.25, 0.3) is 0 Å². The molecular weight excluding hydrogens is 949 g/mol. The van der Waals surface area contributed by atoms with Crippen LogP contribution < -0.4 is 0 Å². The first-order chi connectivity index (χ1) is 38.0. The largest absolute Gasteiger partial charge is 0.462 e. The fourth-order valence-electron chi connectivity index (χ4n) is 10.2. The van der Waals surface area contributed by atoms with Crippen LogP contribution in [-0.2, 0) is 28.6 Å². The molecule has 0 saturated heterocycles. The van der Waals surface area contributed by atoms with Gasteiger partial charge >= 0.3 is 17.9 Å². The molecule has 0 spiro atoms. The quantitative estimate of drug-likeness (QED) is 0.0261. The molecule has 1 atom stereocenters. The molecule has 0 aliphatic heterocycles. The van der Waals surface area contributed by atoms with Crippen LogP contribution in [0.15, 0.2) is 48.6 Å². The van der Waals surface area contributed by atoms with E-state index < -0.39 is 6.10 Å². The van der Waals surface area contributed by atoms with E-state index in [1.165, 1.54) is 244 Å². The van der Waals surface area contributed by atoms with Crippen molar-refractivity contribution in [2.45, 2.75) is 374 Å². The van der Waals surface area contributed by atoms with E-state index in [1.54, 1.807) is 0 Å². The minimum atomic E-state index is -0.780. The van der Waals surface area contributed by atoms with Gasteiger partial charge in [-0.3, -0.25) is 14.4 Å². The molecule has 0 heterocycles. The smallest absolute Gasteiger partial charge is 0.306 e. The van der Waals surface area contributed by atoms with Crippen LogP contribution in [0.5, 0.6) is 0 Å². The van der Waals surface area contributed by atoms with Crippen molar-refractivity contribution in [1.82, 2.24) is 0 Å². The second-order valence-electron chi connectivity index (χ2n) is 23.1. The number of hydrogen-bond acceptors (Lipinski definition) is 6. The number of unbranched alkanes of at least 4 members (excludes halogenated alkanes) is 44. The van der Waals surface area contributed by atoms with Crippen LogP contribution >= 0.6 is 0 Å². The van der Waals surface area contributed by atoms with Crippen LogP contribution in [0.1, 0.15) is 367 Å². The third kappa shape index (κ3) is 64.1.